The minimum Gasteiger partial charge on any atom is -0.497 e. The third-order valence-corrected chi connectivity index (χ3v) is 9.68. The third-order valence-electron chi connectivity index (χ3n) is 9.24. The number of rotatable bonds is 8. The highest BCUT2D eigenvalue weighted by Gasteiger charge is 2.39. The fourth-order valence-electron chi connectivity index (χ4n) is 6.82. The van der Waals surface area contributed by atoms with E-state index in [0.717, 1.165) is 68.3 Å². The van der Waals surface area contributed by atoms with E-state index in [-0.39, 0.29) is 11.3 Å². The summed E-state index contributed by atoms with van der Waals surface area (Å²) in [7, 11) is 3.41. The van der Waals surface area contributed by atoms with Gasteiger partial charge in [0, 0.05) is 66.0 Å². The monoisotopic (exact) mass is 643 g/mol. The summed E-state index contributed by atoms with van der Waals surface area (Å²) in [4.78, 5) is 20.1. The number of amides is 1. The van der Waals surface area contributed by atoms with E-state index in [1.54, 1.807) is 20.3 Å². The summed E-state index contributed by atoms with van der Waals surface area (Å²) in [6.45, 7) is 5.52. The number of hydrogen-bond acceptors (Lipinski definition) is 5. The van der Waals surface area contributed by atoms with Gasteiger partial charge in [-0.1, -0.05) is 59.6 Å². The molecule has 0 N–H and O–H groups in total. The quantitative estimate of drug-likeness (QED) is 0.198. The van der Waals surface area contributed by atoms with Crippen molar-refractivity contribution in [2.45, 2.75) is 24.8 Å². The molecule has 234 valence electrons. The van der Waals surface area contributed by atoms with Gasteiger partial charge >= 0.3 is 0 Å². The van der Waals surface area contributed by atoms with Crippen LogP contribution in [0.3, 0.4) is 0 Å². The molecule has 0 unspecified atom stereocenters. The summed E-state index contributed by atoms with van der Waals surface area (Å²) in [6.07, 6.45) is 2.15. The fourth-order valence-corrected chi connectivity index (χ4v) is 7.33. The number of piperazine rings is 1. The van der Waals surface area contributed by atoms with Gasteiger partial charge in [-0.15, -0.1) is 0 Å². The molecule has 6 rings (SSSR count). The van der Waals surface area contributed by atoms with Crippen LogP contribution < -0.4 is 14.4 Å². The van der Waals surface area contributed by atoms with Crippen LogP contribution in [0.15, 0.2) is 91.0 Å². The van der Waals surface area contributed by atoms with Crippen molar-refractivity contribution in [2.24, 2.45) is 0 Å². The molecule has 6 nitrogen and oxygen atoms in total. The van der Waals surface area contributed by atoms with Crippen molar-refractivity contribution in [3.63, 3.8) is 0 Å². The summed E-state index contributed by atoms with van der Waals surface area (Å²) in [5, 5.41) is 1.24. The Morgan fingerprint density at radius 2 is 1.29 bits per heavy atom. The molecule has 4 aromatic rings. The van der Waals surface area contributed by atoms with Gasteiger partial charge in [0.1, 0.15) is 11.5 Å². The fraction of sp³-hybridized carbons (Fsp3) is 0.324. The minimum atomic E-state index is -0.148. The van der Waals surface area contributed by atoms with Gasteiger partial charge in [-0.25, -0.2) is 0 Å². The number of carbonyl (C=O) groups is 1. The number of hydrogen-bond donors (Lipinski definition) is 0. The van der Waals surface area contributed by atoms with Crippen LogP contribution in [0.25, 0.3) is 0 Å². The standard InChI is InChI=1S/C37H39Cl2N3O3/c1-44-34-12-8-29(9-13-34)37(30-10-14-35(45-2)15-11-30)16-3-17-40(26-37)25-27-4-6-28(7-5-27)36(43)42-20-18-41(19-21-42)33-23-31(38)22-32(39)24-33/h4-15,22-24H,3,16-21,25-26H2,1-2H3. The predicted octanol–water partition coefficient (Wildman–Crippen LogP) is 7.56. The predicted molar refractivity (Wildman–Crippen MR) is 182 cm³/mol. The van der Waals surface area contributed by atoms with Gasteiger partial charge in [0.05, 0.1) is 14.2 Å². The number of anilines is 1. The Morgan fingerprint density at radius 1 is 0.733 bits per heavy atom. The second-order valence-corrected chi connectivity index (χ2v) is 12.8. The molecule has 2 saturated heterocycles. The van der Waals surface area contributed by atoms with Crippen LogP contribution in [0.2, 0.25) is 10.0 Å². The molecular weight excluding hydrogens is 605 g/mol. The molecule has 1 amide bonds. The van der Waals surface area contributed by atoms with Gasteiger partial charge in [0.15, 0.2) is 0 Å². The second kappa shape index (κ2) is 13.7. The minimum absolute atomic E-state index is 0.0707. The number of nitrogens with zero attached hydrogens (tertiary/aromatic N) is 3. The van der Waals surface area contributed by atoms with Gasteiger partial charge < -0.3 is 19.3 Å². The first kappa shape index (κ1) is 31.3. The number of methoxy groups -OCH3 is 2. The van der Waals surface area contributed by atoms with Gasteiger partial charge in [-0.3, -0.25) is 9.69 Å². The van der Waals surface area contributed by atoms with Gasteiger partial charge in [0.2, 0.25) is 0 Å². The number of halogens is 2. The van der Waals surface area contributed by atoms with E-state index in [1.807, 2.05) is 29.2 Å². The van der Waals surface area contributed by atoms with E-state index in [9.17, 15) is 4.79 Å². The van der Waals surface area contributed by atoms with Crippen molar-refractivity contribution in [1.29, 1.82) is 0 Å². The molecule has 45 heavy (non-hydrogen) atoms. The first-order valence-electron chi connectivity index (χ1n) is 15.5. The Bertz CT molecular complexity index is 1530. The molecule has 0 atom stereocenters. The molecule has 0 saturated carbocycles. The zero-order valence-corrected chi connectivity index (χ0v) is 27.4. The highest BCUT2D eigenvalue weighted by Crippen LogP contribution is 2.42. The molecule has 0 bridgehead atoms. The molecule has 8 heteroatoms. The molecule has 0 aliphatic carbocycles. The summed E-state index contributed by atoms with van der Waals surface area (Å²) >= 11 is 12.4. The highest BCUT2D eigenvalue weighted by molar-refractivity contribution is 6.35. The molecule has 0 radical (unpaired) electrons. The van der Waals surface area contributed by atoms with E-state index in [4.69, 9.17) is 32.7 Å². The van der Waals surface area contributed by atoms with Crippen LogP contribution in [0.4, 0.5) is 5.69 Å². The molecule has 0 spiro atoms. The Hall–Kier alpha value is -3.71. The molecule has 2 heterocycles. The van der Waals surface area contributed by atoms with Crippen LogP contribution in [-0.4, -0.2) is 69.2 Å². The molecule has 4 aromatic carbocycles. The Labute approximate surface area is 276 Å². The summed E-state index contributed by atoms with van der Waals surface area (Å²) in [5.74, 6) is 1.79. The summed E-state index contributed by atoms with van der Waals surface area (Å²) in [6, 6.07) is 30.8. The number of likely N-dealkylation sites (tertiary alicyclic amines) is 1. The largest absolute Gasteiger partial charge is 0.497 e. The van der Waals surface area contributed by atoms with E-state index in [1.165, 1.54) is 16.7 Å². The SMILES string of the molecule is COc1ccc(C2(c3ccc(OC)cc3)CCCN(Cc3ccc(C(=O)N4CCN(c5cc(Cl)cc(Cl)c5)CC4)cc3)C2)cc1. The van der Waals surface area contributed by atoms with Crippen LogP contribution in [0.1, 0.15) is 39.9 Å². The topological polar surface area (TPSA) is 45.3 Å². The lowest BCUT2D eigenvalue weighted by Crippen LogP contribution is -2.48. The highest BCUT2D eigenvalue weighted by atomic mass is 35.5. The maximum Gasteiger partial charge on any atom is 0.253 e. The Kier molecular flexibility index (Phi) is 9.55. The van der Waals surface area contributed by atoms with Gasteiger partial charge in [-0.05, 0) is 90.7 Å². The van der Waals surface area contributed by atoms with Crippen molar-refractivity contribution in [3.8, 4) is 11.5 Å². The number of ether oxygens (including phenoxy) is 2. The average molecular weight is 645 g/mol. The van der Waals surface area contributed by atoms with Gasteiger partial charge in [0.25, 0.3) is 5.91 Å². The van der Waals surface area contributed by atoms with Gasteiger partial charge in [-0.2, -0.15) is 0 Å². The van der Waals surface area contributed by atoms with Crippen molar-refractivity contribution in [3.05, 3.63) is 123 Å². The lowest BCUT2D eigenvalue weighted by molar-refractivity contribution is 0.0746. The first-order valence-corrected chi connectivity index (χ1v) is 16.2. The maximum absolute atomic E-state index is 13.4. The number of carbonyl (C=O) groups excluding carboxylic acids is 1. The van der Waals surface area contributed by atoms with E-state index in [2.05, 4.69) is 70.5 Å². The van der Waals surface area contributed by atoms with Crippen molar-refractivity contribution in [1.82, 2.24) is 9.80 Å². The zero-order chi connectivity index (χ0) is 31.4. The van der Waals surface area contributed by atoms with E-state index < -0.39 is 0 Å². The number of piperidine rings is 1. The number of benzene rings is 4. The van der Waals surface area contributed by atoms with E-state index in [0.29, 0.717) is 23.1 Å². The molecule has 2 fully saturated rings. The maximum atomic E-state index is 13.4. The van der Waals surface area contributed by atoms with Crippen LogP contribution in [0, 0.1) is 0 Å². The average Bonchev–Trinajstić information content (AvgIpc) is 3.08. The smallest absolute Gasteiger partial charge is 0.253 e. The lowest BCUT2D eigenvalue weighted by atomic mass is 9.69. The molecule has 2 aliphatic rings. The van der Waals surface area contributed by atoms with Crippen LogP contribution >= 0.6 is 23.2 Å². The van der Waals surface area contributed by atoms with Crippen molar-refractivity contribution in [2.75, 3.05) is 58.4 Å². The second-order valence-electron chi connectivity index (χ2n) is 12.0. The third kappa shape index (κ3) is 6.94. The normalized spacial score (nSPS) is 16.8. The lowest BCUT2D eigenvalue weighted by Gasteiger charge is -2.44. The van der Waals surface area contributed by atoms with Crippen molar-refractivity contribution < 1.29 is 14.3 Å². The van der Waals surface area contributed by atoms with Crippen molar-refractivity contribution >= 4 is 34.8 Å². The zero-order valence-electron chi connectivity index (χ0n) is 25.8. The first-order chi connectivity index (χ1) is 21.9. The molecule has 0 aromatic heterocycles. The van der Waals surface area contributed by atoms with Crippen LogP contribution in [-0.2, 0) is 12.0 Å². The van der Waals surface area contributed by atoms with Crippen LogP contribution in [0.5, 0.6) is 11.5 Å². The Balaban J connectivity index is 1.13. The molecular formula is C37H39Cl2N3O3. The summed E-state index contributed by atoms with van der Waals surface area (Å²) < 4.78 is 10.9. The summed E-state index contributed by atoms with van der Waals surface area (Å²) in [5.41, 5.74) is 5.35. The van der Waals surface area contributed by atoms with E-state index >= 15 is 0 Å². The Morgan fingerprint density at radius 3 is 1.82 bits per heavy atom. The molecule has 2 aliphatic heterocycles.